The van der Waals surface area contributed by atoms with Gasteiger partial charge in [-0.15, -0.1) is 0 Å². The molecule has 0 aromatic carbocycles. The predicted octanol–water partition coefficient (Wildman–Crippen LogP) is 0.363. The molecule has 0 atom stereocenters. The summed E-state index contributed by atoms with van der Waals surface area (Å²) in [5, 5.41) is 0. The molecule has 4 nitrogen and oxygen atoms in total. The van der Waals surface area contributed by atoms with Gasteiger partial charge in [0.25, 0.3) is 0 Å². The molecule has 0 bridgehead atoms. The standard InChI is InChI=1S/2C6H14N2.CH4/c2*1-7-3-5-8(2)6-4-7;/h2*3-6H2,1-2H3;1H4. The second-order valence-electron chi connectivity index (χ2n) is 5.21. The molecule has 2 aliphatic rings. The Morgan fingerprint density at radius 3 is 0.647 bits per heavy atom. The van der Waals surface area contributed by atoms with Crippen LogP contribution in [-0.4, -0.2) is 100 Å². The van der Waals surface area contributed by atoms with Crippen molar-refractivity contribution in [2.24, 2.45) is 0 Å². The average Bonchev–Trinajstić information content (AvgIpc) is 2.28. The van der Waals surface area contributed by atoms with Crippen LogP contribution < -0.4 is 0 Å². The van der Waals surface area contributed by atoms with E-state index in [4.69, 9.17) is 0 Å². The van der Waals surface area contributed by atoms with E-state index in [0.717, 1.165) is 0 Å². The van der Waals surface area contributed by atoms with E-state index in [1.165, 1.54) is 52.4 Å². The molecule has 104 valence electrons. The fourth-order valence-electron chi connectivity index (χ4n) is 1.81. The van der Waals surface area contributed by atoms with Gasteiger partial charge in [-0.1, -0.05) is 7.43 Å². The Hall–Kier alpha value is -0.160. The Balaban J connectivity index is 0.000000284. The van der Waals surface area contributed by atoms with E-state index >= 15 is 0 Å². The van der Waals surface area contributed by atoms with Gasteiger partial charge in [-0.05, 0) is 28.2 Å². The number of hydrogen-bond donors (Lipinski definition) is 0. The van der Waals surface area contributed by atoms with Crippen LogP contribution in [-0.2, 0) is 0 Å². The van der Waals surface area contributed by atoms with Crippen molar-refractivity contribution in [1.82, 2.24) is 19.6 Å². The minimum Gasteiger partial charge on any atom is -0.304 e. The zero-order valence-corrected chi connectivity index (χ0v) is 11.4. The van der Waals surface area contributed by atoms with E-state index in [-0.39, 0.29) is 7.43 Å². The normalized spacial score (nSPS) is 24.7. The first kappa shape index (κ1) is 16.8. The lowest BCUT2D eigenvalue weighted by atomic mass is 10.4. The highest BCUT2D eigenvalue weighted by Crippen LogP contribution is 1.94. The van der Waals surface area contributed by atoms with Gasteiger partial charge in [-0.25, -0.2) is 0 Å². The Morgan fingerprint density at radius 1 is 0.412 bits per heavy atom. The molecule has 17 heavy (non-hydrogen) atoms. The van der Waals surface area contributed by atoms with Crippen molar-refractivity contribution in [3.8, 4) is 0 Å². The first-order valence-corrected chi connectivity index (χ1v) is 6.32. The summed E-state index contributed by atoms with van der Waals surface area (Å²) >= 11 is 0. The molecule has 0 saturated carbocycles. The third-order valence-electron chi connectivity index (χ3n) is 3.45. The summed E-state index contributed by atoms with van der Waals surface area (Å²) in [5.41, 5.74) is 0. The minimum atomic E-state index is 0. The van der Waals surface area contributed by atoms with Gasteiger partial charge < -0.3 is 19.6 Å². The average molecular weight is 244 g/mol. The number of likely N-dealkylation sites (N-methyl/N-ethyl adjacent to an activating group) is 4. The number of nitrogens with zero attached hydrogens (tertiary/aromatic N) is 4. The Bertz CT molecular complexity index is 130. The first-order chi connectivity index (χ1) is 7.58. The molecular weight excluding hydrogens is 212 g/mol. The van der Waals surface area contributed by atoms with Gasteiger partial charge in [0.05, 0.1) is 0 Å². The molecule has 0 radical (unpaired) electrons. The lowest BCUT2D eigenvalue weighted by Gasteiger charge is -2.28. The van der Waals surface area contributed by atoms with Crippen LogP contribution in [0, 0.1) is 0 Å². The van der Waals surface area contributed by atoms with E-state index in [1.54, 1.807) is 0 Å². The fourth-order valence-corrected chi connectivity index (χ4v) is 1.81. The van der Waals surface area contributed by atoms with Gasteiger partial charge in [0, 0.05) is 52.4 Å². The fraction of sp³-hybridized carbons (Fsp3) is 1.00. The van der Waals surface area contributed by atoms with Crippen LogP contribution in [0.2, 0.25) is 0 Å². The molecule has 0 aliphatic carbocycles. The molecule has 2 aliphatic heterocycles. The second kappa shape index (κ2) is 8.86. The van der Waals surface area contributed by atoms with Crippen molar-refractivity contribution >= 4 is 0 Å². The Labute approximate surface area is 108 Å². The van der Waals surface area contributed by atoms with E-state index in [1.807, 2.05) is 0 Å². The highest BCUT2D eigenvalue weighted by molar-refractivity contribution is 4.65. The molecule has 2 saturated heterocycles. The summed E-state index contributed by atoms with van der Waals surface area (Å²) in [6, 6.07) is 0. The monoisotopic (exact) mass is 244 g/mol. The van der Waals surface area contributed by atoms with Gasteiger partial charge in [0.15, 0.2) is 0 Å². The molecule has 0 N–H and O–H groups in total. The number of rotatable bonds is 0. The molecule has 2 rings (SSSR count). The molecular formula is C13H32N4. The summed E-state index contributed by atoms with van der Waals surface area (Å²) < 4.78 is 0. The smallest absolute Gasteiger partial charge is 0.0107 e. The third kappa shape index (κ3) is 7.71. The van der Waals surface area contributed by atoms with Gasteiger partial charge in [-0.3, -0.25) is 0 Å². The Morgan fingerprint density at radius 2 is 0.529 bits per heavy atom. The van der Waals surface area contributed by atoms with Crippen LogP contribution in [0.5, 0.6) is 0 Å². The third-order valence-corrected chi connectivity index (χ3v) is 3.45. The van der Waals surface area contributed by atoms with Crippen molar-refractivity contribution < 1.29 is 0 Å². The van der Waals surface area contributed by atoms with Crippen molar-refractivity contribution in [1.29, 1.82) is 0 Å². The molecule has 0 aromatic rings. The molecule has 0 aromatic heterocycles. The topological polar surface area (TPSA) is 13.0 Å². The van der Waals surface area contributed by atoms with Crippen LogP contribution in [0.15, 0.2) is 0 Å². The quantitative estimate of drug-likeness (QED) is 0.610. The summed E-state index contributed by atoms with van der Waals surface area (Å²) in [7, 11) is 8.69. The maximum atomic E-state index is 2.36. The molecule has 2 heterocycles. The number of hydrogen-bond acceptors (Lipinski definition) is 4. The van der Waals surface area contributed by atoms with Crippen LogP contribution in [0.1, 0.15) is 7.43 Å². The SMILES string of the molecule is C.CN1CCN(C)CC1.CN1CCN(C)CC1. The van der Waals surface area contributed by atoms with E-state index in [9.17, 15) is 0 Å². The van der Waals surface area contributed by atoms with Gasteiger partial charge in [-0.2, -0.15) is 0 Å². The molecule has 2 fully saturated rings. The maximum absolute atomic E-state index is 2.36. The zero-order chi connectivity index (χ0) is 12.0. The molecule has 0 amide bonds. The van der Waals surface area contributed by atoms with Crippen LogP contribution in [0.4, 0.5) is 0 Å². The Kier molecular flexibility index (Phi) is 8.78. The van der Waals surface area contributed by atoms with Crippen molar-refractivity contribution in [2.45, 2.75) is 7.43 Å². The number of piperazine rings is 2. The maximum Gasteiger partial charge on any atom is 0.0107 e. The minimum absolute atomic E-state index is 0. The lowest BCUT2D eigenvalue weighted by Crippen LogP contribution is -2.42. The summed E-state index contributed by atoms with van der Waals surface area (Å²) in [4.78, 5) is 9.44. The summed E-state index contributed by atoms with van der Waals surface area (Å²) in [5.74, 6) is 0. The predicted molar refractivity (Wildman–Crippen MR) is 76.7 cm³/mol. The molecule has 0 spiro atoms. The van der Waals surface area contributed by atoms with Gasteiger partial charge >= 0.3 is 0 Å². The van der Waals surface area contributed by atoms with Crippen LogP contribution in [0.25, 0.3) is 0 Å². The van der Waals surface area contributed by atoms with E-state index in [0.29, 0.717) is 0 Å². The zero-order valence-electron chi connectivity index (χ0n) is 11.4. The largest absolute Gasteiger partial charge is 0.304 e. The van der Waals surface area contributed by atoms with E-state index < -0.39 is 0 Å². The summed E-state index contributed by atoms with van der Waals surface area (Å²) in [6.07, 6.45) is 0. The second-order valence-corrected chi connectivity index (χ2v) is 5.21. The van der Waals surface area contributed by atoms with Crippen molar-refractivity contribution in [3.05, 3.63) is 0 Å². The summed E-state index contributed by atoms with van der Waals surface area (Å²) in [6.45, 7) is 9.86. The lowest BCUT2D eigenvalue weighted by molar-refractivity contribution is 0.181. The van der Waals surface area contributed by atoms with Crippen LogP contribution in [0.3, 0.4) is 0 Å². The van der Waals surface area contributed by atoms with E-state index in [2.05, 4.69) is 47.8 Å². The van der Waals surface area contributed by atoms with Crippen LogP contribution >= 0.6 is 0 Å². The van der Waals surface area contributed by atoms with Crippen molar-refractivity contribution in [3.63, 3.8) is 0 Å². The van der Waals surface area contributed by atoms with Crippen molar-refractivity contribution in [2.75, 3.05) is 80.5 Å². The van der Waals surface area contributed by atoms with Gasteiger partial charge in [0.2, 0.25) is 0 Å². The molecule has 0 unspecified atom stereocenters. The highest BCUT2D eigenvalue weighted by Gasteiger charge is 2.08. The first-order valence-electron chi connectivity index (χ1n) is 6.32. The molecule has 4 heteroatoms. The highest BCUT2D eigenvalue weighted by atomic mass is 15.2. The van der Waals surface area contributed by atoms with Gasteiger partial charge in [0.1, 0.15) is 0 Å².